The summed E-state index contributed by atoms with van der Waals surface area (Å²) in [7, 11) is 0. The number of carboxylic acid groups (broad SMARTS) is 1. The summed E-state index contributed by atoms with van der Waals surface area (Å²) >= 11 is 0. The minimum atomic E-state index is -1.38. The predicted octanol–water partition coefficient (Wildman–Crippen LogP) is 5.27. The van der Waals surface area contributed by atoms with Gasteiger partial charge in [0, 0.05) is 36.1 Å². The molecule has 4 rings (SSSR count). The van der Waals surface area contributed by atoms with Crippen LogP contribution in [0.1, 0.15) is 97.8 Å². The van der Waals surface area contributed by atoms with Gasteiger partial charge < -0.3 is 10.4 Å². The molecule has 171 valence electrons. The van der Waals surface area contributed by atoms with Gasteiger partial charge in [-0.1, -0.05) is 33.6 Å². The molecule has 0 aromatic rings. The molecule has 4 aliphatic carbocycles. The molecule has 0 aromatic heterocycles. The van der Waals surface area contributed by atoms with Crippen LogP contribution in [0.3, 0.4) is 0 Å². The molecule has 0 spiro atoms. The molecule has 0 aliphatic heterocycles. The van der Waals surface area contributed by atoms with Gasteiger partial charge in [0.05, 0.1) is 0 Å². The Bertz CT molecular complexity index is 669. The van der Waals surface area contributed by atoms with Gasteiger partial charge in [0.25, 0.3) is 0 Å². The quantitative estimate of drug-likeness (QED) is 0.348. The van der Waals surface area contributed by atoms with Crippen molar-refractivity contribution in [2.75, 3.05) is 6.54 Å². The SMILES string of the molecule is C[C@H](CCCNC(=O)C(=O)O)[C@H]1CC[C@H]2[C@@H]3CCC4CCCC[C@]4(C)[C@H]3CC[C@]12C.[Na]. The molecule has 0 saturated heterocycles. The summed E-state index contributed by atoms with van der Waals surface area (Å²) in [5.41, 5.74) is 1.11. The summed E-state index contributed by atoms with van der Waals surface area (Å²) in [6, 6.07) is 0. The van der Waals surface area contributed by atoms with Crippen LogP contribution in [0, 0.1) is 46.3 Å². The molecule has 4 saturated carbocycles. The minimum absolute atomic E-state index is 0. The van der Waals surface area contributed by atoms with Crippen LogP contribution in [0.2, 0.25) is 0 Å². The number of carbonyl (C=O) groups excluding carboxylic acids is 1. The van der Waals surface area contributed by atoms with Gasteiger partial charge in [-0.3, -0.25) is 4.79 Å². The molecule has 8 atom stereocenters. The van der Waals surface area contributed by atoms with E-state index in [4.69, 9.17) is 5.11 Å². The molecular weight excluding hydrogens is 397 g/mol. The van der Waals surface area contributed by atoms with E-state index in [1.54, 1.807) is 0 Å². The summed E-state index contributed by atoms with van der Waals surface area (Å²) < 4.78 is 0. The molecule has 0 bridgehead atoms. The van der Waals surface area contributed by atoms with E-state index in [0.717, 1.165) is 42.4 Å². The summed E-state index contributed by atoms with van der Waals surface area (Å²) in [6.45, 7) is 8.16. The number of carbonyl (C=O) groups is 2. The molecule has 2 N–H and O–H groups in total. The molecule has 31 heavy (non-hydrogen) atoms. The maximum atomic E-state index is 11.2. The summed E-state index contributed by atoms with van der Waals surface area (Å²) in [5, 5.41) is 11.2. The smallest absolute Gasteiger partial charge is 0.394 e. The molecule has 1 radical (unpaired) electrons. The van der Waals surface area contributed by atoms with Crippen LogP contribution < -0.4 is 5.32 Å². The fraction of sp³-hybridized carbons (Fsp3) is 0.923. The van der Waals surface area contributed by atoms with Crippen molar-refractivity contribution in [2.24, 2.45) is 46.3 Å². The van der Waals surface area contributed by atoms with Crippen LogP contribution in [0.4, 0.5) is 0 Å². The summed E-state index contributed by atoms with van der Waals surface area (Å²) in [6.07, 6.45) is 16.4. The van der Waals surface area contributed by atoms with E-state index in [9.17, 15) is 9.59 Å². The van der Waals surface area contributed by atoms with Crippen molar-refractivity contribution in [1.82, 2.24) is 5.32 Å². The van der Waals surface area contributed by atoms with Crippen molar-refractivity contribution >= 4 is 41.4 Å². The van der Waals surface area contributed by atoms with Crippen LogP contribution in [0.15, 0.2) is 0 Å². The first kappa shape index (κ1) is 25.6. The van der Waals surface area contributed by atoms with Crippen molar-refractivity contribution < 1.29 is 14.7 Å². The van der Waals surface area contributed by atoms with Crippen molar-refractivity contribution in [3.05, 3.63) is 0 Å². The largest absolute Gasteiger partial charge is 0.474 e. The van der Waals surface area contributed by atoms with Gasteiger partial charge in [-0.05, 0) is 111 Å². The van der Waals surface area contributed by atoms with Gasteiger partial charge in [-0.2, -0.15) is 0 Å². The maximum Gasteiger partial charge on any atom is 0.394 e. The first-order valence-corrected chi connectivity index (χ1v) is 12.8. The Balaban J connectivity index is 0.00000272. The molecular formula is C26H43NNaO3. The zero-order valence-corrected chi connectivity index (χ0v) is 22.4. The fourth-order valence-corrected chi connectivity index (χ4v) is 9.17. The Labute approximate surface area is 211 Å². The van der Waals surface area contributed by atoms with E-state index in [1.807, 2.05) is 0 Å². The van der Waals surface area contributed by atoms with Gasteiger partial charge in [-0.25, -0.2) is 4.79 Å². The number of fused-ring (bicyclic) bond motifs is 5. The Morgan fingerprint density at radius 1 is 0.968 bits per heavy atom. The number of carboxylic acids is 1. The summed E-state index contributed by atoms with van der Waals surface area (Å²) in [5.74, 6) is 3.01. The Morgan fingerprint density at radius 3 is 2.45 bits per heavy atom. The molecule has 4 aliphatic rings. The van der Waals surface area contributed by atoms with Crippen molar-refractivity contribution in [3.8, 4) is 0 Å². The van der Waals surface area contributed by atoms with E-state index in [1.165, 1.54) is 64.2 Å². The number of amides is 1. The number of rotatable bonds is 5. The average Bonchev–Trinajstić information content (AvgIpc) is 3.07. The first-order valence-electron chi connectivity index (χ1n) is 12.8. The summed E-state index contributed by atoms with van der Waals surface area (Å²) in [4.78, 5) is 21.9. The second-order valence-corrected chi connectivity index (χ2v) is 11.8. The average molecular weight is 441 g/mol. The van der Waals surface area contributed by atoms with Crippen LogP contribution in [0.5, 0.6) is 0 Å². The van der Waals surface area contributed by atoms with Crippen molar-refractivity contribution in [2.45, 2.75) is 97.8 Å². The van der Waals surface area contributed by atoms with E-state index in [2.05, 4.69) is 26.1 Å². The second-order valence-electron chi connectivity index (χ2n) is 11.8. The molecule has 5 heteroatoms. The van der Waals surface area contributed by atoms with E-state index in [-0.39, 0.29) is 29.6 Å². The predicted molar refractivity (Wildman–Crippen MR) is 125 cm³/mol. The van der Waals surface area contributed by atoms with E-state index >= 15 is 0 Å². The number of aliphatic carboxylic acids is 1. The topological polar surface area (TPSA) is 66.4 Å². The second kappa shape index (κ2) is 10.1. The number of hydrogen-bond donors (Lipinski definition) is 2. The monoisotopic (exact) mass is 440 g/mol. The fourth-order valence-electron chi connectivity index (χ4n) is 9.17. The van der Waals surface area contributed by atoms with Crippen LogP contribution in [-0.2, 0) is 9.59 Å². The minimum Gasteiger partial charge on any atom is -0.474 e. The molecule has 0 aromatic carbocycles. The van der Waals surface area contributed by atoms with Crippen molar-refractivity contribution in [1.29, 1.82) is 0 Å². The third-order valence-electron chi connectivity index (χ3n) is 10.7. The van der Waals surface area contributed by atoms with Crippen LogP contribution >= 0.6 is 0 Å². The third-order valence-corrected chi connectivity index (χ3v) is 10.7. The first-order chi connectivity index (χ1) is 14.3. The molecule has 1 unspecified atom stereocenters. The number of hydrogen-bond acceptors (Lipinski definition) is 2. The van der Waals surface area contributed by atoms with Crippen LogP contribution in [0.25, 0.3) is 0 Å². The van der Waals surface area contributed by atoms with Gasteiger partial charge >= 0.3 is 11.9 Å². The van der Waals surface area contributed by atoms with E-state index < -0.39 is 11.9 Å². The van der Waals surface area contributed by atoms with Crippen molar-refractivity contribution in [3.63, 3.8) is 0 Å². The Hall–Kier alpha value is -0.0600. The molecule has 0 heterocycles. The molecule has 4 fully saturated rings. The number of nitrogens with one attached hydrogen (secondary N) is 1. The van der Waals surface area contributed by atoms with Gasteiger partial charge in [-0.15, -0.1) is 0 Å². The van der Waals surface area contributed by atoms with E-state index in [0.29, 0.717) is 23.3 Å². The van der Waals surface area contributed by atoms with Crippen LogP contribution in [-0.4, -0.2) is 53.1 Å². The standard InChI is InChI=1S/C26H43NO3.Na/c1-17(7-6-16-27-23(28)24(29)30)20-11-12-21-19-10-9-18-8-4-5-14-25(18,2)22(19)13-15-26(20,21)3;/h17-22H,4-16H2,1-3H3,(H,27,28)(H,29,30);/t17-,18?,19+,20-,21+,22+,25+,26-;/m1./s1. The zero-order chi connectivity index (χ0) is 21.5. The Kier molecular flexibility index (Phi) is 8.29. The zero-order valence-electron chi connectivity index (χ0n) is 20.4. The normalized spacial score (nSPS) is 42.4. The van der Waals surface area contributed by atoms with Gasteiger partial charge in [0.2, 0.25) is 0 Å². The molecule has 1 amide bonds. The molecule has 4 nitrogen and oxygen atoms in total. The maximum absolute atomic E-state index is 11.2. The van der Waals surface area contributed by atoms with Gasteiger partial charge in [0.1, 0.15) is 0 Å². The Morgan fingerprint density at radius 2 is 1.71 bits per heavy atom. The third kappa shape index (κ3) is 4.64. The van der Waals surface area contributed by atoms with Gasteiger partial charge in [0.15, 0.2) is 0 Å².